The van der Waals surface area contributed by atoms with Gasteiger partial charge in [-0.3, -0.25) is 4.90 Å². The van der Waals surface area contributed by atoms with Crippen molar-refractivity contribution >= 4 is 0 Å². The third-order valence-electron chi connectivity index (χ3n) is 5.01. The highest BCUT2D eigenvalue weighted by Crippen LogP contribution is 2.42. The minimum absolute atomic E-state index is 0.456. The standard InChI is InChI=1S/C16H32N2O/c1-5-17-15-13(8-9-16(15,2)3)12-18(10-11-19-4)14-6-7-14/h13-15,17H,5-12H2,1-4H3. The quantitative estimate of drug-likeness (QED) is 0.732. The lowest BCUT2D eigenvalue weighted by Gasteiger charge is -2.34. The maximum atomic E-state index is 5.27. The highest BCUT2D eigenvalue weighted by molar-refractivity contribution is 4.98. The highest BCUT2D eigenvalue weighted by Gasteiger charge is 2.43. The average molecular weight is 268 g/mol. The number of nitrogens with zero attached hydrogens (tertiary/aromatic N) is 1. The van der Waals surface area contributed by atoms with Crippen LogP contribution in [0.3, 0.4) is 0 Å². The van der Waals surface area contributed by atoms with Gasteiger partial charge in [-0.1, -0.05) is 20.8 Å². The SMILES string of the molecule is CCNC1C(CN(CCOC)C2CC2)CCC1(C)C. The van der Waals surface area contributed by atoms with Gasteiger partial charge in [-0.25, -0.2) is 0 Å². The summed E-state index contributed by atoms with van der Waals surface area (Å²) in [7, 11) is 1.81. The first-order valence-electron chi connectivity index (χ1n) is 8.05. The summed E-state index contributed by atoms with van der Waals surface area (Å²) in [6.07, 6.45) is 5.52. The van der Waals surface area contributed by atoms with Crippen LogP contribution >= 0.6 is 0 Å². The first-order valence-corrected chi connectivity index (χ1v) is 8.05. The van der Waals surface area contributed by atoms with Crippen molar-refractivity contribution < 1.29 is 4.74 Å². The van der Waals surface area contributed by atoms with E-state index in [0.29, 0.717) is 11.5 Å². The second kappa shape index (κ2) is 6.55. The molecule has 2 rings (SSSR count). The summed E-state index contributed by atoms with van der Waals surface area (Å²) in [5, 5.41) is 3.75. The number of nitrogens with one attached hydrogen (secondary N) is 1. The van der Waals surface area contributed by atoms with Gasteiger partial charge >= 0.3 is 0 Å². The summed E-state index contributed by atoms with van der Waals surface area (Å²) in [5.74, 6) is 0.812. The van der Waals surface area contributed by atoms with E-state index in [1.54, 1.807) is 0 Å². The Morgan fingerprint density at radius 3 is 2.58 bits per heavy atom. The molecule has 112 valence electrons. The first-order chi connectivity index (χ1) is 9.08. The molecule has 0 radical (unpaired) electrons. The summed E-state index contributed by atoms with van der Waals surface area (Å²) >= 11 is 0. The molecule has 2 unspecified atom stereocenters. The molecule has 1 N–H and O–H groups in total. The topological polar surface area (TPSA) is 24.5 Å². The Bertz CT molecular complexity index is 276. The van der Waals surface area contributed by atoms with E-state index in [0.717, 1.165) is 31.7 Å². The molecule has 0 spiro atoms. The molecule has 3 heteroatoms. The van der Waals surface area contributed by atoms with E-state index >= 15 is 0 Å². The molecule has 2 saturated carbocycles. The molecule has 0 aromatic carbocycles. The Morgan fingerprint density at radius 1 is 1.26 bits per heavy atom. The fourth-order valence-corrected chi connectivity index (χ4v) is 3.75. The van der Waals surface area contributed by atoms with E-state index in [9.17, 15) is 0 Å². The number of methoxy groups -OCH3 is 1. The molecule has 2 aliphatic carbocycles. The lowest BCUT2D eigenvalue weighted by Crippen LogP contribution is -2.46. The van der Waals surface area contributed by atoms with Crippen molar-refractivity contribution in [2.45, 2.75) is 58.5 Å². The van der Waals surface area contributed by atoms with Crippen LogP contribution in [-0.2, 0) is 4.74 Å². The number of hydrogen-bond acceptors (Lipinski definition) is 3. The Hall–Kier alpha value is -0.120. The molecule has 0 saturated heterocycles. The van der Waals surface area contributed by atoms with Gasteiger partial charge in [0.1, 0.15) is 0 Å². The molecule has 0 amide bonds. The minimum Gasteiger partial charge on any atom is -0.383 e. The highest BCUT2D eigenvalue weighted by atomic mass is 16.5. The molecule has 3 nitrogen and oxygen atoms in total. The van der Waals surface area contributed by atoms with Crippen molar-refractivity contribution in [1.29, 1.82) is 0 Å². The molecule has 0 bridgehead atoms. The second-order valence-corrected chi connectivity index (χ2v) is 7.04. The third-order valence-corrected chi connectivity index (χ3v) is 5.01. The first kappa shape index (κ1) is 15.3. The predicted molar refractivity (Wildman–Crippen MR) is 80.4 cm³/mol. The van der Waals surface area contributed by atoms with Gasteiger partial charge in [-0.15, -0.1) is 0 Å². The zero-order valence-electron chi connectivity index (χ0n) is 13.2. The minimum atomic E-state index is 0.456. The van der Waals surface area contributed by atoms with E-state index in [1.165, 1.54) is 32.2 Å². The van der Waals surface area contributed by atoms with Gasteiger partial charge in [0.2, 0.25) is 0 Å². The van der Waals surface area contributed by atoms with Crippen LogP contribution < -0.4 is 5.32 Å². The largest absolute Gasteiger partial charge is 0.383 e. The molecule has 0 aromatic heterocycles. The normalized spacial score (nSPS) is 30.2. The molecular formula is C16H32N2O. The van der Waals surface area contributed by atoms with E-state index < -0.39 is 0 Å². The molecule has 2 atom stereocenters. The van der Waals surface area contributed by atoms with E-state index in [1.807, 2.05) is 7.11 Å². The number of hydrogen-bond donors (Lipinski definition) is 1. The van der Waals surface area contributed by atoms with Gasteiger partial charge < -0.3 is 10.1 Å². The van der Waals surface area contributed by atoms with Gasteiger partial charge in [0.05, 0.1) is 6.61 Å². The number of rotatable bonds is 8. The van der Waals surface area contributed by atoms with Gasteiger partial charge in [0, 0.05) is 32.3 Å². The Kier molecular flexibility index (Phi) is 5.27. The summed E-state index contributed by atoms with van der Waals surface area (Å²) in [5.41, 5.74) is 0.456. The van der Waals surface area contributed by atoms with Crippen LogP contribution in [0, 0.1) is 11.3 Å². The average Bonchev–Trinajstić information content (AvgIpc) is 3.16. The van der Waals surface area contributed by atoms with E-state index in [2.05, 4.69) is 31.0 Å². The Balaban J connectivity index is 1.91. The second-order valence-electron chi connectivity index (χ2n) is 7.04. The van der Waals surface area contributed by atoms with Gasteiger partial charge in [-0.05, 0) is 43.6 Å². The van der Waals surface area contributed by atoms with Gasteiger partial charge in [0.15, 0.2) is 0 Å². The van der Waals surface area contributed by atoms with Crippen LogP contribution in [0.4, 0.5) is 0 Å². The van der Waals surface area contributed by atoms with Gasteiger partial charge in [0.25, 0.3) is 0 Å². The molecule has 0 aromatic rings. The smallest absolute Gasteiger partial charge is 0.0589 e. The van der Waals surface area contributed by atoms with E-state index in [-0.39, 0.29) is 0 Å². The summed E-state index contributed by atoms with van der Waals surface area (Å²) in [4.78, 5) is 2.68. The van der Waals surface area contributed by atoms with Crippen LogP contribution in [0.25, 0.3) is 0 Å². The van der Waals surface area contributed by atoms with Crippen LogP contribution in [0.1, 0.15) is 46.5 Å². The molecule has 0 aliphatic heterocycles. The Labute approximate surface area is 119 Å². The number of ether oxygens (including phenoxy) is 1. The Morgan fingerprint density at radius 2 is 2.00 bits per heavy atom. The fourth-order valence-electron chi connectivity index (χ4n) is 3.75. The molecular weight excluding hydrogens is 236 g/mol. The van der Waals surface area contributed by atoms with Crippen molar-refractivity contribution in [3.63, 3.8) is 0 Å². The van der Waals surface area contributed by atoms with Crippen molar-refractivity contribution in [2.24, 2.45) is 11.3 Å². The lowest BCUT2D eigenvalue weighted by atomic mass is 9.84. The summed E-state index contributed by atoms with van der Waals surface area (Å²) in [6.45, 7) is 11.4. The van der Waals surface area contributed by atoms with Crippen molar-refractivity contribution in [3.8, 4) is 0 Å². The monoisotopic (exact) mass is 268 g/mol. The van der Waals surface area contributed by atoms with Crippen LogP contribution in [-0.4, -0.2) is 50.3 Å². The molecule has 2 aliphatic rings. The fraction of sp³-hybridized carbons (Fsp3) is 1.00. The maximum absolute atomic E-state index is 5.27. The van der Waals surface area contributed by atoms with Crippen LogP contribution in [0.15, 0.2) is 0 Å². The third kappa shape index (κ3) is 3.93. The van der Waals surface area contributed by atoms with Crippen molar-refractivity contribution in [2.75, 3.05) is 33.4 Å². The van der Waals surface area contributed by atoms with Crippen molar-refractivity contribution in [1.82, 2.24) is 10.2 Å². The zero-order valence-corrected chi connectivity index (χ0v) is 13.2. The zero-order chi connectivity index (χ0) is 13.9. The predicted octanol–water partition coefficient (Wildman–Crippen LogP) is 2.51. The molecule has 19 heavy (non-hydrogen) atoms. The molecule has 0 heterocycles. The summed E-state index contributed by atoms with van der Waals surface area (Å²) in [6, 6.07) is 1.53. The van der Waals surface area contributed by atoms with Gasteiger partial charge in [-0.2, -0.15) is 0 Å². The summed E-state index contributed by atoms with van der Waals surface area (Å²) < 4.78 is 5.27. The lowest BCUT2D eigenvalue weighted by molar-refractivity contribution is 0.122. The maximum Gasteiger partial charge on any atom is 0.0589 e. The molecule has 2 fully saturated rings. The van der Waals surface area contributed by atoms with Crippen LogP contribution in [0.2, 0.25) is 0 Å². The van der Waals surface area contributed by atoms with Crippen molar-refractivity contribution in [3.05, 3.63) is 0 Å². The van der Waals surface area contributed by atoms with Crippen LogP contribution in [0.5, 0.6) is 0 Å². The van der Waals surface area contributed by atoms with E-state index in [4.69, 9.17) is 4.74 Å².